The van der Waals surface area contributed by atoms with Gasteiger partial charge in [-0.25, -0.2) is 0 Å². The molecule has 0 saturated carbocycles. The molecule has 2 aromatic rings. The number of nitrogens with one attached hydrogen (secondary N) is 1. The van der Waals surface area contributed by atoms with Crippen LogP contribution >= 0.6 is 11.8 Å². The first kappa shape index (κ1) is 14.3. The number of ether oxygens (including phenoxy) is 2. The van der Waals surface area contributed by atoms with Crippen LogP contribution < -0.4 is 14.8 Å². The molecule has 0 saturated heterocycles. The second kappa shape index (κ2) is 6.41. The summed E-state index contributed by atoms with van der Waals surface area (Å²) in [4.78, 5) is 1.27. The Morgan fingerprint density at radius 2 is 1.95 bits per heavy atom. The average Bonchev–Trinajstić information content (AvgIpc) is 2.79. The molecule has 0 spiro atoms. The fraction of sp³-hybridized carbons (Fsp3) is 0.294. The van der Waals surface area contributed by atoms with Crippen molar-refractivity contribution in [1.82, 2.24) is 5.32 Å². The van der Waals surface area contributed by atoms with E-state index in [0.717, 1.165) is 35.7 Å². The van der Waals surface area contributed by atoms with Crippen LogP contribution in [-0.4, -0.2) is 26.5 Å². The van der Waals surface area contributed by atoms with Crippen molar-refractivity contribution in [2.45, 2.75) is 11.4 Å². The highest BCUT2D eigenvalue weighted by Gasteiger charge is 2.16. The fourth-order valence-corrected chi connectivity index (χ4v) is 2.91. The minimum absolute atomic E-state index is 0.672. The van der Waals surface area contributed by atoms with E-state index in [2.05, 4.69) is 48.0 Å². The van der Waals surface area contributed by atoms with Crippen LogP contribution in [0.4, 0.5) is 0 Å². The van der Waals surface area contributed by atoms with Gasteiger partial charge in [-0.05, 0) is 41.6 Å². The minimum Gasteiger partial charge on any atom is -0.493 e. The van der Waals surface area contributed by atoms with Gasteiger partial charge in [-0.1, -0.05) is 12.1 Å². The normalized spacial score (nSPS) is 14.0. The van der Waals surface area contributed by atoms with Gasteiger partial charge in [0.15, 0.2) is 11.5 Å². The maximum absolute atomic E-state index is 5.81. The Bertz CT molecular complexity index is 625. The zero-order chi connectivity index (χ0) is 14.7. The van der Waals surface area contributed by atoms with Gasteiger partial charge in [0.05, 0.1) is 7.11 Å². The van der Waals surface area contributed by atoms with E-state index in [-0.39, 0.29) is 0 Å². The Morgan fingerprint density at radius 1 is 1.14 bits per heavy atom. The predicted molar refractivity (Wildman–Crippen MR) is 87.4 cm³/mol. The van der Waals surface area contributed by atoms with Crippen LogP contribution in [-0.2, 0) is 6.54 Å². The van der Waals surface area contributed by atoms with Crippen molar-refractivity contribution in [3.63, 3.8) is 0 Å². The third kappa shape index (κ3) is 3.01. The molecular weight excluding hydrogens is 282 g/mol. The number of fused-ring (bicyclic) bond motifs is 1. The largest absolute Gasteiger partial charge is 0.493 e. The summed E-state index contributed by atoms with van der Waals surface area (Å²) < 4.78 is 11.3. The zero-order valence-corrected chi connectivity index (χ0v) is 13.1. The van der Waals surface area contributed by atoms with E-state index in [1.807, 2.05) is 0 Å². The van der Waals surface area contributed by atoms with E-state index >= 15 is 0 Å². The molecule has 0 aliphatic carbocycles. The van der Waals surface area contributed by atoms with Crippen LogP contribution in [0.3, 0.4) is 0 Å². The first-order valence-corrected chi connectivity index (χ1v) is 8.23. The number of rotatable bonds is 3. The lowest BCUT2D eigenvalue weighted by Gasteiger charge is -2.14. The van der Waals surface area contributed by atoms with Gasteiger partial charge in [-0.15, -0.1) is 11.8 Å². The summed E-state index contributed by atoms with van der Waals surface area (Å²) in [5.41, 5.74) is 3.50. The zero-order valence-electron chi connectivity index (χ0n) is 12.3. The van der Waals surface area contributed by atoms with E-state index in [1.54, 1.807) is 18.9 Å². The Balaban J connectivity index is 2.04. The third-order valence-corrected chi connectivity index (χ3v) is 4.36. The highest BCUT2D eigenvalue weighted by molar-refractivity contribution is 7.98. The maximum atomic E-state index is 5.81. The molecule has 110 valence electrons. The number of hydrogen-bond donors (Lipinski definition) is 1. The van der Waals surface area contributed by atoms with Crippen LogP contribution in [0.1, 0.15) is 5.56 Å². The van der Waals surface area contributed by atoms with E-state index < -0.39 is 0 Å². The monoisotopic (exact) mass is 301 g/mol. The van der Waals surface area contributed by atoms with Crippen molar-refractivity contribution in [1.29, 1.82) is 0 Å². The van der Waals surface area contributed by atoms with Crippen molar-refractivity contribution >= 4 is 11.8 Å². The summed E-state index contributed by atoms with van der Waals surface area (Å²) in [5, 5.41) is 3.37. The quantitative estimate of drug-likeness (QED) is 0.878. The Labute approximate surface area is 129 Å². The van der Waals surface area contributed by atoms with E-state index in [4.69, 9.17) is 9.47 Å². The molecule has 1 heterocycles. The average molecular weight is 301 g/mol. The molecular formula is C17H19NO2S. The lowest BCUT2D eigenvalue weighted by molar-refractivity contribution is 0.302. The van der Waals surface area contributed by atoms with Gasteiger partial charge in [0.2, 0.25) is 0 Å². The standard InChI is InChI=1S/C17H19NO2S/c1-19-16-10-13(12-3-5-15(21-2)6-4-12)9-14-11-18-7-8-20-17(14)16/h3-6,9-10,18H,7-8,11H2,1-2H3. The summed E-state index contributed by atoms with van der Waals surface area (Å²) in [6.45, 7) is 2.34. The van der Waals surface area contributed by atoms with E-state index in [9.17, 15) is 0 Å². The van der Waals surface area contributed by atoms with Crippen LogP contribution in [0.15, 0.2) is 41.3 Å². The SMILES string of the molecule is COc1cc(-c2ccc(SC)cc2)cc2c1OCCNC2. The van der Waals surface area contributed by atoms with Gasteiger partial charge in [0.25, 0.3) is 0 Å². The molecule has 0 amide bonds. The van der Waals surface area contributed by atoms with E-state index in [1.165, 1.54) is 10.5 Å². The molecule has 0 unspecified atom stereocenters. The Hall–Kier alpha value is -1.65. The number of methoxy groups -OCH3 is 1. The highest BCUT2D eigenvalue weighted by Crippen LogP contribution is 2.37. The first-order chi connectivity index (χ1) is 10.3. The van der Waals surface area contributed by atoms with Crippen molar-refractivity contribution in [2.24, 2.45) is 0 Å². The summed E-state index contributed by atoms with van der Waals surface area (Å²) in [6, 6.07) is 12.8. The molecule has 1 N–H and O–H groups in total. The van der Waals surface area contributed by atoms with Gasteiger partial charge in [-0.3, -0.25) is 0 Å². The second-order valence-electron chi connectivity index (χ2n) is 4.92. The molecule has 3 rings (SSSR count). The topological polar surface area (TPSA) is 30.5 Å². The van der Waals surface area contributed by atoms with Crippen molar-refractivity contribution in [2.75, 3.05) is 26.5 Å². The van der Waals surface area contributed by atoms with Crippen LogP contribution in [0, 0.1) is 0 Å². The second-order valence-corrected chi connectivity index (χ2v) is 5.80. The maximum Gasteiger partial charge on any atom is 0.165 e. The molecule has 4 heteroatoms. The van der Waals surface area contributed by atoms with Gasteiger partial charge < -0.3 is 14.8 Å². The molecule has 3 nitrogen and oxygen atoms in total. The number of hydrogen-bond acceptors (Lipinski definition) is 4. The van der Waals surface area contributed by atoms with Crippen LogP contribution in [0.25, 0.3) is 11.1 Å². The van der Waals surface area contributed by atoms with Crippen molar-refractivity contribution < 1.29 is 9.47 Å². The lowest BCUT2D eigenvalue weighted by atomic mass is 10.0. The summed E-state index contributed by atoms with van der Waals surface area (Å²) in [5.74, 6) is 1.67. The van der Waals surface area contributed by atoms with E-state index in [0.29, 0.717) is 6.61 Å². The molecule has 0 fully saturated rings. The van der Waals surface area contributed by atoms with Gasteiger partial charge >= 0.3 is 0 Å². The smallest absolute Gasteiger partial charge is 0.165 e. The molecule has 21 heavy (non-hydrogen) atoms. The van der Waals surface area contributed by atoms with Crippen LogP contribution in [0.2, 0.25) is 0 Å². The Morgan fingerprint density at radius 3 is 2.67 bits per heavy atom. The molecule has 0 bridgehead atoms. The predicted octanol–water partition coefficient (Wildman–Crippen LogP) is 3.57. The molecule has 1 aliphatic rings. The molecule has 0 aromatic heterocycles. The van der Waals surface area contributed by atoms with Crippen molar-refractivity contribution in [3.8, 4) is 22.6 Å². The van der Waals surface area contributed by atoms with Gasteiger partial charge in [0.1, 0.15) is 6.61 Å². The third-order valence-electron chi connectivity index (χ3n) is 3.62. The fourth-order valence-electron chi connectivity index (χ4n) is 2.51. The minimum atomic E-state index is 0.672. The molecule has 2 aromatic carbocycles. The molecule has 1 aliphatic heterocycles. The van der Waals surface area contributed by atoms with Crippen molar-refractivity contribution in [3.05, 3.63) is 42.0 Å². The van der Waals surface area contributed by atoms with Gasteiger partial charge in [0, 0.05) is 23.5 Å². The van der Waals surface area contributed by atoms with Gasteiger partial charge in [-0.2, -0.15) is 0 Å². The Kier molecular flexibility index (Phi) is 4.36. The van der Waals surface area contributed by atoms with Crippen LogP contribution in [0.5, 0.6) is 11.5 Å². The summed E-state index contributed by atoms with van der Waals surface area (Å²) in [7, 11) is 1.69. The highest BCUT2D eigenvalue weighted by atomic mass is 32.2. The summed E-state index contributed by atoms with van der Waals surface area (Å²) >= 11 is 1.75. The number of thioether (sulfide) groups is 1. The number of benzene rings is 2. The lowest BCUT2D eigenvalue weighted by Crippen LogP contribution is -2.16. The summed E-state index contributed by atoms with van der Waals surface area (Å²) in [6.07, 6.45) is 2.09. The first-order valence-electron chi connectivity index (χ1n) is 7.00. The molecule has 0 atom stereocenters. The molecule has 0 radical (unpaired) electrons.